The van der Waals surface area contributed by atoms with Crippen LogP contribution >= 0.6 is 11.6 Å². The highest BCUT2D eigenvalue weighted by atomic mass is 35.5. The summed E-state index contributed by atoms with van der Waals surface area (Å²) < 4.78 is 5.56. The van der Waals surface area contributed by atoms with Gasteiger partial charge < -0.3 is 15.3 Å². The summed E-state index contributed by atoms with van der Waals surface area (Å²) >= 11 is 5.87. The summed E-state index contributed by atoms with van der Waals surface area (Å²) in [5.41, 5.74) is 7.81. The number of anilines is 1. The van der Waals surface area contributed by atoms with Crippen molar-refractivity contribution in [2.45, 2.75) is 0 Å². The van der Waals surface area contributed by atoms with Crippen LogP contribution < -0.4 is 5.73 Å². The summed E-state index contributed by atoms with van der Waals surface area (Å²) in [6.45, 7) is 0. The molecule has 0 aliphatic carbocycles. The lowest BCUT2D eigenvalue weighted by molar-refractivity contribution is 0.474. The summed E-state index contributed by atoms with van der Waals surface area (Å²) in [6, 6.07) is 9.98. The van der Waals surface area contributed by atoms with Gasteiger partial charge in [-0.1, -0.05) is 11.6 Å². The molecule has 0 atom stereocenters. The highest BCUT2D eigenvalue weighted by Crippen LogP contribution is 2.32. The lowest BCUT2D eigenvalue weighted by Gasteiger charge is -2.00. The molecular weight excluding hydrogens is 252 g/mol. The molecule has 0 saturated heterocycles. The van der Waals surface area contributed by atoms with Gasteiger partial charge in [0.1, 0.15) is 11.3 Å². The lowest BCUT2D eigenvalue weighted by Crippen LogP contribution is -1.85. The Morgan fingerprint density at radius 3 is 2.78 bits per heavy atom. The number of aromatic hydroxyl groups is 1. The second-order valence-electron chi connectivity index (χ2n) is 3.91. The Hall–Kier alpha value is -2.20. The molecule has 0 amide bonds. The maximum absolute atomic E-state index is 9.82. The topological polar surface area (TPSA) is 72.3 Å². The van der Waals surface area contributed by atoms with Crippen LogP contribution in [0, 0.1) is 0 Å². The monoisotopic (exact) mass is 260 g/mol. The molecule has 3 N–H and O–H groups in total. The summed E-state index contributed by atoms with van der Waals surface area (Å²) in [6.07, 6.45) is 0. The Balaban J connectivity index is 2.19. The Kier molecular flexibility index (Phi) is 2.38. The number of aromatic nitrogens is 1. The number of hydrogen-bond acceptors (Lipinski definition) is 4. The second kappa shape index (κ2) is 3.92. The van der Waals surface area contributed by atoms with Crippen LogP contribution in [0.2, 0.25) is 5.02 Å². The zero-order valence-electron chi connectivity index (χ0n) is 9.22. The van der Waals surface area contributed by atoms with Crippen LogP contribution in [0.15, 0.2) is 40.8 Å². The number of nitrogen functional groups attached to an aromatic ring is 1. The third-order valence-electron chi connectivity index (χ3n) is 2.60. The fourth-order valence-electron chi connectivity index (χ4n) is 1.74. The molecule has 3 rings (SSSR count). The number of nitrogens with zero attached hydrogens (tertiary/aromatic N) is 1. The first-order valence-electron chi connectivity index (χ1n) is 5.28. The molecule has 18 heavy (non-hydrogen) atoms. The molecule has 1 heterocycles. The number of hydrogen-bond donors (Lipinski definition) is 2. The Morgan fingerprint density at radius 2 is 2.00 bits per heavy atom. The van der Waals surface area contributed by atoms with E-state index in [4.69, 9.17) is 21.8 Å². The predicted molar refractivity (Wildman–Crippen MR) is 70.5 cm³/mol. The van der Waals surface area contributed by atoms with Crippen LogP contribution in [0.25, 0.3) is 22.6 Å². The maximum Gasteiger partial charge on any atom is 0.231 e. The standard InChI is InChI=1S/C13H9ClN2O2/c14-7-1-4-10-12(5-7)18-13(16-10)9-3-2-8(15)6-11(9)17/h1-6,17H,15H2. The number of fused-ring (bicyclic) bond motifs is 1. The smallest absolute Gasteiger partial charge is 0.231 e. The third kappa shape index (κ3) is 1.76. The van der Waals surface area contributed by atoms with Crippen molar-refractivity contribution in [1.82, 2.24) is 4.98 Å². The van der Waals surface area contributed by atoms with Crippen molar-refractivity contribution in [3.05, 3.63) is 41.4 Å². The van der Waals surface area contributed by atoms with E-state index in [1.165, 1.54) is 6.07 Å². The van der Waals surface area contributed by atoms with Crippen molar-refractivity contribution in [2.24, 2.45) is 0 Å². The van der Waals surface area contributed by atoms with Gasteiger partial charge in [-0.25, -0.2) is 4.98 Å². The SMILES string of the molecule is Nc1ccc(-c2nc3ccc(Cl)cc3o2)c(O)c1. The number of oxazole rings is 1. The van der Waals surface area contributed by atoms with E-state index < -0.39 is 0 Å². The van der Waals surface area contributed by atoms with E-state index in [0.29, 0.717) is 33.3 Å². The van der Waals surface area contributed by atoms with Crippen LogP contribution in [-0.4, -0.2) is 10.1 Å². The number of phenolic OH excluding ortho intramolecular Hbond substituents is 1. The zero-order chi connectivity index (χ0) is 12.7. The first kappa shape index (κ1) is 10.9. The molecule has 0 spiro atoms. The van der Waals surface area contributed by atoms with E-state index in [2.05, 4.69) is 4.98 Å². The summed E-state index contributed by atoms with van der Waals surface area (Å²) in [7, 11) is 0. The second-order valence-corrected chi connectivity index (χ2v) is 4.34. The minimum Gasteiger partial charge on any atom is -0.507 e. The van der Waals surface area contributed by atoms with Gasteiger partial charge in [-0.05, 0) is 24.3 Å². The van der Waals surface area contributed by atoms with Crippen molar-refractivity contribution in [3.8, 4) is 17.2 Å². The molecule has 0 fully saturated rings. The third-order valence-corrected chi connectivity index (χ3v) is 2.84. The summed E-state index contributed by atoms with van der Waals surface area (Å²) in [5.74, 6) is 0.373. The molecule has 1 aromatic heterocycles. The zero-order valence-corrected chi connectivity index (χ0v) is 9.98. The van der Waals surface area contributed by atoms with Crippen LogP contribution in [-0.2, 0) is 0 Å². The molecule has 2 aromatic carbocycles. The minimum atomic E-state index is 0.0349. The first-order valence-corrected chi connectivity index (χ1v) is 5.66. The number of halogens is 1. The van der Waals surface area contributed by atoms with Crippen LogP contribution in [0.5, 0.6) is 5.75 Å². The molecule has 0 aliphatic heterocycles. The van der Waals surface area contributed by atoms with Gasteiger partial charge >= 0.3 is 0 Å². The van der Waals surface area contributed by atoms with E-state index in [-0.39, 0.29) is 5.75 Å². The van der Waals surface area contributed by atoms with Crippen molar-refractivity contribution < 1.29 is 9.52 Å². The molecule has 5 heteroatoms. The quantitative estimate of drug-likeness (QED) is 0.658. The molecule has 0 unspecified atom stereocenters. The number of nitrogens with two attached hydrogens (primary N) is 1. The Morgan fingerprint density at radius 1 is 1.17 bits per heavy atom. The van der Waals surface area contributed by atoms with Gasteiger partial charge in [0.2, 0.25) is 5.89 Å². The van der Waals surface area contributed by atoms with E-state index in [0.717, 1.165) is 0 Å². The van der Waals surface area contributed by atoms with Crippen LogP contribution in [0.4, 0.5) is 5.69 Å². The van der Waals surface area contributed by atoms with Crippen LogP contribution in [0.1, 0.15) is 0 Å². The molecule has 0 saturated carbocycles. The fraction of sp³-hybridized carbons (Fsp3) is 0. The molecule has 4 nitrogen and oxygen atoms in total. The summed E-state index contributed by atoms with van der Waals surface area (Å²) in [5, 5.41) is 10.4. The maximum atomic E-state index is 9.82. The van der Waals surface area contributed by atoms with Crippen molar-refractivity contribution in [1.29, 1.82) is 0 Å². The minimum absolute atomic E-state index is 0.0349. The fourth-order valence-corrected chi connectivity index (χ4v) is 1.91. The van der Waals surface area contributed by atoms with Gasteiger partial charge in [-0.15, -0.1) is 0 Å². The average molecular weight is 261 g/mol. The highest BCUT2D eigenvalue weighted by Gasteiger charge is 2.12. The van der Waals surface area contributed by atoms with Gasteiger partial charge in [0.25, 0.3) is 0 Å². The number of rotatable bonds is 1. The van der Waals surface area contributed by atoms with Gasteiger partial charge in [0.05, 0.1) is 5.56 Å². The van der Waals surface area contributed by atoms with Crippen LogP contribution in [0.3, 0.4) is 0 Å². The molecule has 3 aromatic rings. The highest BCUT2D eigenvalue weighted by molar-refractivity contribution is 6.31. The van der Waals surface area contributed by atoms with E-state index in [1.807, 2.05) is 0 Å². The van der Waals surface area contributed by atoms with E-state index in [9.17, 15) is 5.11 Å². The molecule has 0 radical (unpaired) electrons. The molecular formula is C13H9ClN2O2. The predicted octanol–water partition coefficient (Wildman–Crippen LogP) is 3.44. The van der Waals surface area contributed by atoms with E-state index >= 15 is 0 Å². The molecule has 90 valence electrons. The van der Waals surface area contributed by atoms with Crippen molar-refractivity contribution in [2.75, 3.05) is 5.73 Å². The Labute approximate surface area is 108 Å². The number of phenols is 1. The summed E-state index contributed by atoms with van der Waals surface area (Å²) in [4.78, 5) is 4.29. The van der Waals surface area contributed by atoms with Gasteiger partial charge in [-0.3, -0.25) is 0 Å². The van der Waals surface area contributed by atoms with Gasteiger partial charge in [-0.2, -0.15) is 0 Å². The number of benzene rings is 2. The van der Waals surface area contributed by atoms with Crippen molar-refractivity contribution >= 4 is 28.4 Å². The average Bonchev–Trinajstić information content (AvgIpc) is 2.71. The molecule has 0 aliphatic rings. The largest absolute Gasteiger partial charge is 0.507 e. The van der Waals surface area contributed by atoms with Crippen molar-refractivity contribution in [3.63, 3.8) is 0 Å². The first-order chi connectivity index (χ1) is 8.63. The lowest BCUT2D eigenvalue weighted by atomic mass is 10.2. The normalized spacial score (nSPS) is 10.9. The van der Waals surface area contributed by atoms with E-state index in [1.54, 1.807) is 30.3 Å². The van der Waals surface area contributed by atoms with Gasteiger partial charge in [0, 0.05) is 22.8 Å². The van der Waals surface area contributed by atoms with Gasteiger partial charge in [0.15, 0.2) is 5.58 Å². The molecule has 0 bridgehead atoms. The Bertz CT molecular complexity index is 737.